The quantitative estimate of drug-likeness (QED) is 0.269. The zero-order valence-electron chi connectivity index (χ0n) is 18.8. The largest absolute Gasteiger partial charge is 0.457 e. The van der Waals surface area contributed by atoms with Crippen molar-refractivity contribution in [2.24, 2.45) is 0 Å². The van der Waals surface area contributed by atoms with Gasteiger partial charge in [-0.15, -0.1) is 0 Å². The average Bonchev–Trinajstić information content (AvgIpc) is 3.33. The Morgan fingerprint density at radius 1 is 0.694 bits per heavy atom. The van der Waals surface area contributed by atoms with Crippen molar-refractivity contribution >= 4 is 57.8 Å². The number of nitrogens with one attached hydrogen (secondary N) is 2. The predicted octanol–water partition coefficient (Wildman–Crippen LogP) is 8.36. The Morgan fingerprint density at radius 2 is 1.17 bits per heavy atom. The topological polar surface area (TPSA) is 53.6 Å². The van der Waals surface area contributed by atoms with Crippen LogP contribution in [0.25, 0.3) is 11.3 Å². The first-order valence-electron chi connectivity index (χ1n) is 11.1. The van der Waals surface area contributed by atoms with Crippen LogP contribution in [0.2, 0.25) is 15.1 Å². The van der Waals surface area contributed by atoms with Crippen LogP contribution in [0.1, 0.15) is 11.1 Å². The van der Waals surface area contributed by atoms with E-state index in [1.165, 1.54) is 5.01 Å². The first-order valence-corrected chi connectivity index (χ1v) is 12.2. The normalized spacial score (nSPS) is 12.9. The standard InChI is InChI=1S/C28H20Cl3N3O2/c29-20-5-1-18(2-6-20)26-17-34(33-27(26)19-3-7-21(30)8-4-19)28(35)32-23-11-15-25(16-12-23)36-24-13-9-22(31)10-14-24/h1-16,33H,17H2,(H,32,35). The lowest BCUT2D eigenvalue weighted by Gasteiger charge is -2.19. The number of hydrogen-bond acceptors (Lipinski definition) is 3. The number of nitrogens with zero attached hydrogens (tertiary/aromatic N) is 1. The van der Waals surface area contributed by atoms with Crippen molar-refractivity contribution in [1.29, 1.82) is 0 Å². The molecule has 0 unspecified atom stereocenters. The third-order valence-electron chi connectivity index (χ3n) is 5.59. The summed E-state index contributed by atoms with van der Waals surface area (Å²) in [4.78, 5) is 13.1. The van der Waals surface area contributed by atoms with Gasteiger partial charge in [0.25, 0.3) is 0 Å². The summed E-state index contributed by atoms with van der Waals surface area (Å²) in [5.41, 5.74) is 7.57. The number of hydrogen-bond donors (Lipinski definition) is 2. The summed E-state index contributed by atoms with van der Waals surface area (Å²) in [5, 5.41) is 6.40. The van der Waals surface area contributed by atoms with E-state index >= 15 is 0 Å². The maximum absolute atomic E-state index is 13.1. The maximum Gasteiger partial charge on any atom is 0.340 e. The number of halogens is 3. The zero-order valence-corrected chi connectivity index (χ0v) is 21.1. The number of urea groups is 1. The number of benzene rings is 4. The molecule has 0 aromatic heterocycles. The molecule has 0 bridgehead atoms. The number of anilines is 1. The summed E-state index contributed by atoms with van der Waals surface area (Å²) in [7, 11) is 0. The van der Waals surface area contributed by atoms with E-state index < -0.39 is 0 Å². The van der Waals surface area contributed by atoms with Crippen molar-refractivity contribution in [3.63, 3.8) is 0 Å². The molecule has 0 fully saturated rings. The first kappa shape index (κ1) is 24.1. The molecule has 8 heteroatoms. The van der Waals surface area contributed by atoms with Crippen LogP contribution in [0.4, 0.5) is 10.5 Å². The molecule has 4 aromatic rings. The van der Waals surface area contributed by atoms with Gasteiger partial charge in [0.2, 0.25) is 0 Å². The summed E-state index contributed by atoms with van der Waals surface area (Å²) in [6.45, 7) is 0.364. The van der Waals surface area contributed by atoms with Crippen LogP contribution in [0.5, 0.6) is 11.5 Å². The molecule has 2 N–H and O–H groups in total. The van der Waals surface area contributed by atoms with Crippen LogP contribution >= 0.6 is 34.8 Å². The van der Waals surface area contributed by atoms with Crippen molar-refractivity contribution in [3.05, 3.63) is 123 Å². The average molecular weight is 537 g/mol. The van der Waals surface area contributed by atoms with Gasteiger partial charge in [0.15, 0.2) is 0 Å². The van der Waals surface area contributed by atoms with Crippen molar-refractivity contribution in [1.82, 2.24) is 10.4 Å². The molecular formula is C28H20Cl3N3O2. The highest BCUT2D eigenvalue weighted by atomic mass is 35.5. The Morgan fingerprint density at radius 3 is 1.72 bits per heavy atom. The van der Waals surface area contributed by atoms with Crippen LogP contribution in [-0.4, -0.2) is 17.6 Å². The second-order valence-corrected chi connectivity index (χ2v) is 9.39. The number of carbonyl (C=O) groups is 1. The molecule has 0 atom stereocenters. The van der Waals surface area contributed by atoms with Gasteiger partial charge in [-0.2, -0.15) is 0 Å². The second kappa shape index (κ2) is 10.5. The lowest BCUT2D eigenvalue weighted by atomic mass is 10.0. The summed E-state index contributed by atoms with van der Waals surface area (Å²) in [5.74, 6) is 1.32. The summed E-state index contributed by atoms with van der Waals surface area (Å²) in [6.07, 6.45) is 0. The number of ether oxygens (including phenoxy) is 1. The smallest absolute Gasteiger partial charge is 0.340 e. The molecular weight excluding hydrogens is 517 g/mol. The minimum absolute atomic E-state index is 0.295. The lowest BCUT2D eigenvalue weighted by Crippen LogP contribution is -2.40. The molecule has 1 aliphatic rings. The molecule has 0 radical (unpaired) electrons. The van der Waals surface area contributed by atoms with Crippen LogP contribution in [0, 0.1) is 0 Å². The third-order valence-corrected chi connectivity index (χ3v) is 6.35. The molecule has 180 valence electrons. The Kier molecular flexibility index (Phi) is 7.05. The van der Waals surface area contributed by atoms with Crippen LogP contribution < -0.4 is 15.5 Å². The Bertz CT molecular complexity index is 1350. The van der Waals surface area contributed by atoms with E-state index in [9.17, 15) is 4.79 Å². The molecule has 4 aromatic carbocycles. The van der Waals surface area contributed by atoms with E-state index in [1.807, 2.05) is 48.5 Å². The number of hydrazine groups is 1. The highest BCUT2D eigenvalue weighted by Crippen LogP contribution is 2.32. The van der Waals surface area contributed by atoms with Gasteiger partial charge in [-0.3, -0.25) is 5.43 Å². The van der Waals surface area contributed by atoms with Crippen molar-refractivity contribution < 1.29 is 9.53 Å². The number of amides is 2. The number of carbonyl (C=O) groups excluding carboxylic acids is 1. The Balaban J connectivity index is 1.30. The number of rotatable bonds is 5. The molecule has 1 heterocycles. The van der Waals surface area contributed by atoms with E-state index in [0.29, 0.717) is 38.8 Å². The highest BCUT2D eigenvalue weighted by molar-refractivity contribution is 6.31. The van der Waals surface area contributed by atoms with Crippen LogP contribution in [0.3, 0.4) is 0 Å². The van der Waals surface area contributed by atoms with E-state index in [4.69, 9.17) is 39.5 Å². The second-order valence-electron chi connectivity index (χ2n) is 8.08. The fourth-order valence-corrected chi connectivity index (χ4v) is 4.16. The van der Waals surface area contributed by atoms with Gasteiger partial charge in [-0.1, -0.05) is 59.1 Å². The third kappa shape index (κ3) is 5.60. The monoisotopic (exact) mass is 535 g/mol. The summed E-state index contributed by atoms with van der Waals surface area (Å²) >= 11 is 18.1. The fourth-order valence-electron chi connectivity index (χ4n) is 3.78. The minimum Gasteiger partial charge on any atom is -0.457 e. The molecule has 5 nitrogen and oxygen atoms in total. The molecule has 0 saturated heterocycles. The molecule has 1 aliphatic heterocycles. The van der Waals surface area contributed by atoms with Crippen LogP contribution in [0.15, 0.2) is 97.1 Å². The molecule has 2 amide bonds. The lowest BCUT2D eigenvalue weighted by molar-refractivity contribution is 0.210. The van der Waals surface area contributed by atoms with E-state index in [0.717, 1.165) is 22.4 Å². The van der Waals surface area contributed by atoms with Crippen LogP contribution in [-0.2, 0) is 0 Å². The van der Waals surface area contributed by atoms with E-state index in [1.54, 1.807) is 48.5 Å². The molecule has 36 heavy (non-hydrogen) atoms. The molecule has 5 rings (SSSR count). The fraction of sp³-hybridized carbons (Fsp3) is 0.0357. The van der Waals surface area contributed by atoms with Gasteiger partial charge in [-0.05, 0) is 83.9 Å². The van der Waals surface area contributed by atoms with Crippen molar-refractivity contribution in [2.45, 2.75) is 0 Å². The van der Waals surface area contributed by atoms with E-state index in [-0.39, 0.29) is 6.03 Å². The van der Waals surface area contributed by atoms with E-state index in [2.05, 4.69) is 10.7 Å². The highest BCUT2D eigenvalue weighted by Gasteiger charge is 2.27. The Hall–Kier alpha value is -3.64. The van der Waals surface area contributed by atoms with Crippen molar-refractivity contribution in [3.8, 4) is 11.5 Å². The predicted molar refractivity (Wildman–Crippen MR) is 147 cm³/mol. The summed E-state index contributed by atoms with van der Waals surface area (Å²) < 4.78 is 5.82. The van der Waals surface area contributed by atoms with Gasteiger partial charge < -0.3 is 10.1 Å². The van der Waals surface area contributed by atoms with Crippen molar-refractivity contribution in [2.75, 3.05) is 11.9 Å². The van der Waals surface area contributed by atoms with Gasteiger partial charge in [0.05, 0.1) is 12.2 Å². The van der Waals surface area contributed by atoms with Gasteiger partial charge in [0, 0.05) is 26.3 Å². The SMILES string of the molecule is O=C(Nc1ccc(Oc2ccc(Cl)cc2)cc1)N1CC(c2ccc(Cl)cc2)=C(c2ccc(Cl)cc2)N1. The first-order chi connectivity index (χ1) is 17.4. The molecule has 0 spiro atoms. The minimum atomic E-state index is -0.295. The zero-order chi connectivity index (χ0) is 25.1. The molecule has 0 saturated carbocycles. The Labute approximate surface area is 223 Å². The van der Waals surface area contributed by atoms with Gasteiger partial charge in [0.1, 0.15) is 11.5 Å². The summed E-state index contributed by atoms with van der Waals surface area (Å²) in [6, 6.07) is 29.0. The molecule has 0 aliphatic carbocycles. The van der Waals surface area contributed by atoms with Gasteiger partial charge >= 0.3 is 6.03 Å². The maximum atomic E-state index is 13.1. The van der Waals surface area contributed by atoms with Gasteiger partial charge in [-0.25, -0.2) is 9.80 Å².